The molecule has 0 radical (unpaired) electrons. The highest BCUT2D eigenvalue weighted by atomic mass is 32.1. The van der Waals surface area contributed by atoms with Crippen LogP contribution in [0.25, 0.3) is 0 Å². The maximum atomic E-state index is 12.5. The Morgan fingerprint density at radius 1 is 0.968 bits per heavy atom. The Morgan fingerprint density at radius 3 is 2.42 bits per heavy atom. The second kappa shape index (κ2) is 13.4. The first-order valence-corrected chi connectivity index (χ1v) is 10.8. The average Bonchev–Trinajstić information content (AvgIpc) is 2.77. The van der Waals surface area contributed by atoms with Crippen LogP contribution in [0.4, 0.5) is 5.69 Å². The highest BCUT2D eigenvalue weighted by Gasteiger charge is 2.13. The fourth-order valence-corrected chi connectivity index (χ4v) is 2.86. The van der Waals surface area contributed by atoms with Crippen LogP contribution >= 0.6 is 12.2 Å². The van der Waals surface area contributed by atoms with Crippen LogP contribution in [-0.2, 0) is 4.74 Å². The Bertz CT molecular complexity index is 871. The largest absolute Gasteiger partial charge is 0.491 e. The molecule has 0 aliphatic rings. The minimum atomic E-state index is -0.358. The van der Waals surface area contributed by atoms with Crippen LogP contribution in [0, 0.1) is 0 Å². The zero-order chi connectivity index (χ0) is 22.5. The van der Waals surface area contributed by atoms with Crippen LogP contribution in [0.2, 0.25) is 0 Å². The number of carbonyl (C=O) groups is 2. The van der Waals surface area contributed by atoms with E-state index in [1.165, 1.54) is 0 Å². The smallest absolute Gasteiger partial charge is 0.257 e. The molecule has 0 atom stereocenters. The van der Waals surface area contributed by atoms with Crippen molar-refractivity contribution in [2.45, 2.75) is 26.7 Å². The third kappa shape index (κ3) is 8.35. The fourth-order valence-electron chi connectivity index (χ4n) is 2.66. The van der Waals surface area contributed by atoms with Crippen molar-refractivity contribution in [1.29, 1.82) is 0 Å². The van der Waals surface area contributed by atoms with Gasteiger partial charge in [0.2, 0.25) is 0 Å². The molecule has 0 fully saturated rings. The van der Waals surface area contributed by atoms with Gasteiger partial charge in [-0.25, -0.2) is 0 Å². The zero-order valence-electron chi connectivity index (χ0n) is 17.9. The summed E-state index contributed by atoms with van der Waals surface area (Å²) in [5.74, 6) is 0.105. The maximum Gasteiger partial charge on any atom is 0.257 e. The van der Waals surface area contributed by atoms with Crippen LogP contribution in [0.15, 0.2) is 48.5 Å². The molecular formula is C23H29N3O4S. The molecule has 0 aromatic heterocycles. The Hall–Kier alpha value is -2.97. The number of carbonyl (C=O) groups excluding carboxylic acids is 2. The van der Waals surface area contributed by atoms with Gasteiger partial charge in [-0.3, -0.25) is 14.9 Å². The number of hydrogen-bond acceptors (Lipinski definition) is 5. The van der Waals surface area contributed by atoms with Crippen molar-refractivity contribution in [3.8, 4) is 5.75 Å². The van der Waals surface area contributed by atoms with E-state index in [4.69, 9.17) is 21.7 Å². The predicted octanol–water partition coefficient (Wildman–Crippen LogP) is 3.76. The SMILES string of the molecule is CCCCNC(=O)c1ccccc1NC(=S)NC(=O)c1ccc(OCCOCC)cc1. The molecule has 8 heteroatoms. The molecule has 7 nitrogen and oxygen atoms in total. The van der Waals surface area contributed by atoms with Crippen LogP contribution in [0.5, 0.6) is 5.75 Å². The second-order valence-electron chi connectivity index (χ2n) is 6.63. The Morgan fingerprint density at radius 2 is 1.71 bits per heavy atom. The van der Waals surface area contributed by atoms with E-state index in [1.54, 1.807) is 48.5 Å². The third-order valence-electron chi connectivity index (χ3n) is 4.28. The normalized spacial score (nSPS) is 10.3. The predicted molar refractivity (Wildman–Crippen MR) is 126 cm³/mol. The molecule has 0 bridgehead atoms. The van der Waals surface area contributed by atoms with Gasteiger partial charge in [0.05, 0.1) is 17.9 Å². The molecule has 0 aliphatic heterocycles. The quantitative estimate of drug-likeness (QED) is 0.362. The number of para-hydroxylation sites is 1. The summed E-state index contributed by atoms with van der Waals surface area (Å²) in [5, 5.41) is 8.55. The number of nitrogens with one attached hydrogen (secondary N) is 3. The van der Waals surface area contributed by atoms with E-state index < -0.39 is 0 Å². The first-order chi connectivity index (χ1) is 15.0. The summed E-state index contributed by atoms with van der Waals surface area (Å²) in [5.41, 5.74) is 1.43. The molecule has 0 spiro atoms. The Balaban J connectivity index is 1.91. The van der Waals surface area contributed by atoms with Gasteiger partial charge in [-0.2, -0.15) is 0 Å². The van der Waals surface area contributed by atoms with E-state index in [2.05, 4.69) is 22.9 Å². The van der Waals surface area contributed by atoms with Gasteiger partial charge in [0.15, 0.2) is 5.11 Å². The van der Waals surface area contributed by atoms with E-state index in [9.17, 15) is 9.59 Å². The van der Waals surface area contributed by atoms with E-state index in [1.807, 2.05) is 6.92 Å². The van der Waals surface area contributed by atoms with Gasteiger partial charge in [0.1, 0.15) is 12.4 Å². The molecule has 0 heterocycles. The van der Waals surface area contributed by atoms with Gasteiger partial charge in [-0.15, -0.1) is 0 Å². The topological polar surface area (TPSA) is 88.7 Å². The minimum Gasteiger partial charge on any atom is -0.491 e. The molecule has 0 unspecified atom stereocenters. The van der Waals surface area contributed by atoms with Gasteiger partial charge in [-0.1, -0.05) is 25.5 Å². The lowest BCUT2D eigenvalue weighted by Gasteiger charge is -2.14. The molecular weight excluding hydrogens is 414 g/mol. The van der Waals surface area contributed by atoms with Crippen molar-refractivity contribution in [1.82, 2.24) is 10.6 Å². The molecule has 2 rings (SSSR count). The summed E-state index contributed by atoms with van der Waals surface area (Å²) in [6.07, 6.45) is 1.91. The number of hydrogen-bond donors (Lipinski definition) is 3. The molecule has 2 aromatic carbocycles. The highest BCUT2D eigenvalue weighted by Crippen LogP contribution is 2.15. The zero-order valence-corrected chi connectivity index (χ0v) is 18.7. The summed E-state index contributed by atoms with van der Waals surface area (Å²) < 4.78 is 10.8. The molecule has 3 N–H and O–H groups in total. The van der Waals surface area contributed by atoms with Gasteiger partial charge in [0, 0.05) is 18.7 Å². The Kier molecular flexibility index (Phi) is 10.5. The number of amides is 2. The average molecular weight is 444 g/mol. The molecule has 0 saturated heterocycles. The molecule has 166 valence electrons. The van der Waals surface area contributed by atoms with Gasteiger partial charge in [-0.05, 0) is 62.0 Å². The summed E-state index contributed by atoms with van der Waals surface area (Å²) in [6.45, 7) is 6.19. The number of rotatable bonds is 11. The maximum absolute atomic E-state index is 12.5. The lowest BCUT2D eigenvalue weighted by Crippen LogP contribution is -2.35. The number of unbranched alkanes of at least 4 members (excludes halogenated alkanes) is 1. The second-order valence-corrected chi connectivity index (χ2v) is 7.04. The summed E-state index contributed by atoms with van der Waals surface area (Å²) in [6, 6.07) is 13.8. The number of benzene rings is 2. The molecule has 2 amide bonds. The first-order valence-electron chi connectivity index (χ1n) is 10.3. The minimum absolute atomic E-state index is 0.107. The highest BCUT2D eigenvalue weighted by molar-refractivity contribution is 7.80. The summed E-state index contributed by atoms with van der Waals surface area (Å²) in [7, 11) is 0. The van der Waals surface area contributed by atoms with Crippen molar-refractivity contribution in [3.63, 3.8) is 0 Å². The van der Waals surface area contributed by atoms with E-state index in [-0.39, 0.29) is 16.9 Å². The lowest BCUT2D eigenvalue weighted by atomic mass is 10.1. The van der Waals surface area contributed by atoms with Crippen molar-refractivity contribution in [2.24, 2.45) is 0 Å². The lowest BCUT2D eigenvalue weighted by molar-refractivity contribution is 0.0952. The summed E-state index contributed by atoms with van der Waals surface area (Å²) >= 11 is 5.26. The summed E-state index contributed by atoms with van der Waals surface area (Å²) in [4.78, 5) is 24.9. The van der Waals surface area contributed by atoms with Crippen molar-refractivity contribution in [2.75, 3.05) is 31.7 Å². The van der Waals surface area contributed by atoms with Crippen molar-refractivity contribution < 1.29 is 19.1 Å². The van der Waals surface area contributed by atoms with Crippen LogP contribution in [0.1, 0.15) is 47.4 Å². The molecule has 0 saturated carbocycles. The molecule has 2 aromatic rings. The van der Waals surface area contributed by atoms with Gasteiger partial charge < -0.3 is 20.1 Å². The van der Waals surface area contributed by atoms with E-state index in [0.29, 0.717) is 48.9 Å². The number of anilines is 1. The van der Waals surface area contributed by atoms with Crippen LogP contribution in [-0.4, -0.2) is 43.3 Å². The third-order valence-corrected chi connectivity index (χ3v) is 4.48. The van der Waals surface area contributed by atoms with Crippen molar-refractivity contribution >= 4 is 34.8 Å². The van der Waals surface area contributed by atoms with Gasteiger partial charge in [0.25, 0.3) is 11.8 Å². The number of thiocarbonyl (C=S) groups is 1. The van der Waals surface area contributed by atoms with E-state index in [0.717, 1.165) is 12.8 Å². The Labute approximate surface area is 188 Å². The standard InChI is InChI=1S/C23H29N3O4S/c1-3-5-14-24-22(28)19-8-6-7-9-20(19)25-23(31)26-21(27)17-10-12-18(13-11-17)30-16-15-29-4-2/h6-13H,3-5,14-16H2,1-2H3,(H,24,28)(H2,25,26,27,31). The van der Waals surface area contributed by atoms with Crippen molar-refractivity contribution in [3.05, 3.63) is 59.7 Å². The molecule has 0 aliphatic carbocycles. The van der Waals surface area contributed by atoms with E-state index >= 15 is 0 Å². The number of ether oxygens (including phenoxy) is 2. The first kappa shape index (κ1) is 24.3. The van der Waals surface area contributed by atoms with Gasteiger partial charge >= 0.3 is 0 Å². The fraction of sp³-hybridized carbons (Fsp3) is 0.348. The molecule has 31 heavy (non-hydrogen) atoms. The van der Waals surface area contributed by atoms with Crippen LogP contribution in [0.3, 0.4) is 0 Å². The van der Waals surface area contributed by atoms with Crippen LogP contribution < -0.4 is 20.7 Å². The monoisotopic (exact) mass is 443 g/mol.